The Kier molecular flexibility index (Phi) is 27.2. The number of hydrogen-bond acceptors (Lipinski definition) is 10. The highest BCUT2D eigenvalue weighted by atomic mass is 16.3. The van der Waals surface area contributed by atoms with E-state index in [2.05, 4.69) is 69.9 Å². The topological polar surface area (TPSA) is 119 Å². The SMILES string of the molecule is CC.CN(C)C1CCNC1.CN(C)C1CNC1.CNC1CNC1.CNCC1CN(C(C)=O)C1.CNCCO. The Balaban J connectivity index is 0. The van der Waals surface area contributed by atoms with Gasteiger partial charge in [-0.15, -0.1) is 0 Å². The second-order valence-electron chi connectivity index (χ2n) is 10.2. The van der Waals surface area contributed by atoms with Gasteiger partial charge in [0.1, 0.15) is 0 Å². The zero-order valence-corrected chi connectivity index (χ0v) is 26.5. The van der Waals surface area contributed by atoms with Gasteiger partial charge in [0.05, 0.1) is 6.61 Å². The summed E-state index contributed by atoms with van der Waals surface area (Å²) in [6, 6.07) is 2.35. The van der Waals surface area contributed by atoms with Crippen molar-refractivity contribution < 1.29 is 9.90 Å². The quantitative estimate of drug-likeness (QED) is 0.203. The molecule has 230 valence electrons. The van der Waals surface area contributed by atoms with E-state index >= 15 is 0 Å². The highest BCUT2D eigenvalue weighted by Crippen LogP contribution is 2.13. The number of nitrogens with one attached hydrogen (secondary N) is 6. The molecule has 4 heterocycles. The Morgan fingerprint density at radius 2 is 1.39 bits per heavy atom. The zero-order valence-electron chi connectivity index (χ0n) is 26.5. The van der Waals surface area contributed by atoms with E-state index in [0.717, 1.165) is 50.8 Å². The van der Waals surface area contributed by atoms with Crippen LogP contribution < -0.4 is 31.9 Å². The van der Waals surface area contributed by atoms with Crippen LogP contribution in [0.1, 0.15) is 27.2 Å². The van der Waals surface area contributed by atoms with E-state index in [9.17, 15) is 4.79 Å². The van der Waals surface area contributed by atoms with Gasteiger partial charge in [-0.2, -0.15) is 0 Å². The molecule has 0 aromatic carbocycles. The third kappa shape index (κ3) is 20.1. The Labute approximate surface area is 235 Å². The molecule has 4 fully saturated rings. The first-order chi connectivity index (χ1) is 18.2. The van der Waals surface area contributed by atoms with Gasteiger partial charge in [-0.1, -0.05) is 13.8 Å². The van der Waals surface area contributed by atoms with Crippen LogP contribution in [0.3, 0.4) is 0 Å². The number of aliphatic hydroxyl groups excluding tert-OH is 1. The minimum Gasteiger partial charge on any atom is -0.395 e. The lowest BCUT2D eigenvalue weighted by Crippen LogP contribution is -2.54. The van der Waals surface area contributed by atoms with E-state index in [1.165, 1.54) is 32.6 Å². The molecule has 38 heavy (non-hydrogen) atoms. The molecule has 0 radical (unpaired) electrons. The average Bonchev–Trinajstić information content (AvgIpc) is 3.33. The van der Waals surface area contributed by atoms with Gasteiger partial charge in [-0.05, 0) is 62.3 Å². The number of carbonyl (C=O) groups excluding carboxylic acids is 1. The molecule has 1 atom stereocenters. The van der Waals surface area contributed by atoms with Crippen LogP contribution in [0.4, 0.5) is 0 Å². The summed E-state index contributed by atoms with van der Waals surface area (Å²) in [5.74, 6) is 0.890. The third-order valence-electron chi connectivity index (χ3n) is 6.70. The largest absolute Gasteiger partial charge is 0.395 e. The van der Waals surface area contributed by atoms with Crippen molar-refractivity contribution >= 4 is 5.91 Å². The number of hydrogen-bond donors (Lipinski definition) is 7. The number of amides is 1. The third-order valence-corrected chi connectivity index (χ3v) is 6.70. The minimum absolute atomic E-state index is 0.201. The number of likely N-dealkylation sites (N-methyl/N-ethyl adjacent to an activating group) is 4. The molecule has 0 spiro atoms. The number of carbonyl (C=O) groups is 1. The lowest BCUT2D eigenvalue weighted by molar-refractivity contribution is -0.134. The van der Waals surface area contributed by atoms with Gasteiger partial charge in [0.15, 0.2) is 0 Å². The van der Waals surface area contributed by atoms with Crippen molar-refractivity contribution in [3.63, 3.8) is 0 Å². The molecular weight excluding hydrogens is 482 g/mol. The van der Waals surface area contributed by atoms with Gasteiger partial charge in [0, 0.05) is 89.9 Å². The second-order valence-corrected chi connectivity index (χ2v) is 10.2. The van der Waals surface area contributed by atoms with Gasteiger partial charge in [0.2, 0.25) is 5.91 Å². The lowest BCUT2D eigenvalue weighted by atomic mass is 10.0. The summed E-state index contributed by atoms with van der Waals surface area (Å²) in [5, 5.41) is 26.7. The fourth-order valence-electron chi connectivity index (χ4n) is 3.57. The van der Waals surface area contributed by atoms with E-state index in [1.54, 1.807) is 14.0 Å². The lowest BCUT2D eigenvalue weighted by Gasteiger charge is -2.38. The van der Waals surface area contributed by atoms with Crippen molar-refractivity contribution in [1.82, 2.24) is 46.6 Å². The van der Waals surface area contributed by atoms with E-state index in [4.69, 9.17) is 5.11 Å². The summed E-state index contributed by atoms with van der Waals surface area (Å²) in [4.78, 5) is 17.1. The molecule has 0 aliphatic carbocycles. The molecule has 11 nitrogen and oxygen atoms in total. The molecular formula is C27H65N9O2. The van der Waals surface area contributed by atoms with Crippen LogP contribution in [0.5, 0.6) is 0 Å². The minimum atomic E-state index is 0.201. The predicted octanol–water partition coefficient (Wildman–Crippen LogP) is -1.48. The highest BCUT2D eigenvalue weighted by Gasteiger charge is 2.27. The summed E-state index contributed by atoms with van der Waals surface area (Å²) in [6.45, 7) is 16.5. The normalized spacial score (nSPS) is 20.3. The van der Waals surface area contributed by atoms with E-state index < -0.39 is 0 Å². The summed E-state index contributed by atoms with van der Waals surface area (Å²) in [5.41, 5.74) is 0. The molecule has 4 aliphatic rings. The van der Waals surface area contributed by atoms with Crippen LogP contribution in [-0.4, -0.2) is 165 Å². The number of nitrogens with zero attached hydrogens (tertiary/aromatic N) is 3. The monoisotopic (exact) mass is 548 g/mol. The van der Waals surface area contributed by atoms with Gasteiger partial charge in [-0.25, -0.2) is 0 Å². The summed E-state index contributed by atoms with van der Waals surface area (Å²) in [7, 11) is 14.2. The fraction of sp³-hybridized carbons (Fsp3) is 0.963. The summed E-state index contributed by atoms with van der Waals surface area (Å²) >= 11 is 0. The van der Waals surface area contributed by atoms with Gasteiger partial charge in [0.25, 0.3) is 0 Å². The predicted molar refractivity (Wildman–Crippen MR) is 163 cm³/mol. The Morgan fingerprint density at radius 3 is 1.55 bits per heavy atom. The summed E-state index contributed by atoms with van der Waals surface area (Å²) < 4.78 is 0. The molecule has 0 aromatic heterocycles. The molecule has 4 saturated heterocycles. The fourth-order valence-corrected chi connectivity index (χ4v) is 3.57. The van der Waals surface area contributed by atoms with Crippen LogP contribution in [0.2, 0.25) is 0 Å². The van der Waals surface area contributed by atoms with Crippen molar-refractivity contribution in [2.45, 2.75) is 45.3 Å². The van der Waals surface area contributed by atoms with Crippen LogP contribution in [0, 0.1) is 5.92 Å². The Morgan fingerprint density at radius 1 is 0.868 bits per heavy atom. The maximum absolute atomic E-state index is 10.7. The smallest absolute Gasteiger partial charge is 0.219 e. The average molecular weight is 548 g/mol. The van der Waals surface area contributed by atoms with Crippen molar-refractivity contribution in [3.8, 4) is 0 Å². The van der Waals surface area contributed by atoms with Crippen LogP contribution in [0.25, 0.3) is 0 Å². The Bertz CT molecular complexity index is 502. The molecule has 4 aliphatic heterocycles. The zero-order chi connectivity index (χ0) is 29.3. The van der Waals surface area contributed by atoms with Crippen molar-refractivity contribution in [3.05, 3.63) is 0 Å². The molecule has 7 N–H and O–H groups in total. The molecule has 4 rings (SSSR count). The molecule has 0 bridgehead atoms. The maximum atomic E-state index is 10.7. The first-order valence-corrected chi connectivity index (χ1v) is 14.5. The van der Waals surface area contributed by atoms with Crippen LogP contribution >= 0.6 is 0 Å². The van der Waals surface area contributed by atoms with Crippen LogP contribution in [-0.2, 0) is 4.79 Å². The van der Waals surface area contributed by atoms with Gasteiger partial charge >= 0.3 is 0 Å². The number of likely N-dealkylation sites (tertiary alicyclic amines) is 1. The molecule has 1 unspecified atom stereocenters. The molecule has 0 saturated carbocycles. The van der Waals surface area contributed by atoms with Gasteiger partial charge in [-0.3, -0.25) is 4.79 Å². The van der Waals surface area contributed by atoms with E-state index in [1.807, 2.05) is 32.8 Å². The summed E-state index contributed by atoms with van der Waals surface area (Å²) in [6.07, 6.45) is 1.31. The standard InChI is InChI=1S/C7H14N2O.C6H14N2.C5H12N2.C4H10N2.C3H9NO.C2H6/c1-6(10)9-4-7(5-9)3-8-2;1-8(2)6-3-4-7-5-6;1-7(2)5-3-6-4-5;1-5-4-2-6-3-4;1-4-2-3-5;1-2/h7-8H,3-5H2,1-2H3;6-7H,3-5H2,1-2H3;5-6H,3-4H2,1-2H3;4-6H,2-3H2,1H3;4-5H,2-3H2,1H3;1-2H3. The van der Waals surface area contributed by atoms with E-state index in [0.29, 0.717) is 12.5 Å². The molecule has 0 aromatic rings. The van der Waals surface area contributed by atoms with Crippen LogP contribution in [0.15, 0.2) is 0 Å². The van der Waals surface area contributed by atoms with Gasteiger partial charge < -0.3 is 51.7 Å². The highest BCUT2D eigenvalue weighted by molar-refractivity contribution is 5.74. The number of aliphatic hydroxyl groups is 1. The molecule has 11 heteroatoms. The first kappa shape index (κ1) is 39.3. The second kappa shape index (κ2) is 26.3. The maximum Gasteiger partial charge on any atom is 0.219 e. The van der Waals surface area contributed by atoms with Crippen molar-refractivity contribution in [2.75, 3.05) is 121 Å². The van der Waals surface area contributed by atoms with Crippen molar-refractivity contribution in [1.29, 1.82) is 0 Å². The Hall–Kier alpha value is -0.890. The molecule has 1 amide bonds. The first-order valence-electron chi connectivity index (χ1n) is 14.5. The number of rotatable bonds is 7. The van der Waals surface area contributed by atoms with Crippen molar-refractivity contribution in [2.24, 2.45) is 5.92 Å². The van der Waals surface area contributed by atoms with E-state index in [-0.39, 0.29) is 12.5 Å².